The summed E-state index contributed by atoms with van der Waals surface area (Å²) in [5, 5.41) is 3.48. The summed E-state index contributed by atoms with van der Waals surface area (Å²) in [6, 6.07) is 20.6. The second kappa shape index (κ2) is 8.39. The van der Waals surface area contributed by atoms with E-state index in [1.807, 2.05) is 49.4 Å². The van der Waals surface area contributed by atoms with Crippen molar-refractivity contribution in [2.75, 3.05) is 5.32 Å². The van der Waals surface area contributed by atoms with Crippen molar-refractivity contribution in [3.63, 3.8) is 0 Å². The van der Waals surface area contributed by atoms with E-state index < -0.39 is 0 Å². The predicted molar refractivity (Wildman–Crippen MR) is 109 cm³/mol. The molecule has 132 valence electrons. The van der Waals surface area contributed by atoms with Crippen molar-refractivity contribution in [1.29, 1.82) is 0 Å². The van der Waals surface area contributed by atoms with Crippen LogP contribution in [-0.2, 0) is 6.61 Å². The average molecular weight is 431 g/mol. The van der Waals surface area contributed by atoms with Crippen LogP contribution in [0.5, 0.6) is 5.75 Å². The minimum Gasteiger partial charge on any atom is -0.488 e. The van der Waals surface area contributed by atoms with Gasteiger partial charge in [0.05, 0.1) is 5.56 Å². The Balaban J connectivity index is 1.82. The van der Waals surface area contributed by atoms with Crippen LogP contribution in [0.1, 0.15) is 21.5 Å². The van der Waals surface area contributed by atoms with Crippen LogP contribution in [0.15, 0.2) is 71.2 Å². The first-order valence-corrected chi connectivity index (χ1v) is 9.24. The molecule has 0 radical (unpaired) electrons. The number of carbonyl (C=O) groups excluding carboxylic acids is 1. The van der Waals surface area contributed by atoms with Crippen LogP contribution in [0.4, 0.5) is 5.69 Å². The van der Waals surface area contributed by atoms with Crippen LogP contribution in [0, 0.1) is 6.92 Å². The number of carbonyl (C=O) groups is 1. The fourth-order valence-electron chi connectivity index (χ4n) is 2.46. The van der Waals surface area contributed by atoms with Gasteiger partial charge < -0.3 is 10.1 Å². The van der Waals surface area contributed by atoms with Gasteiger partial charge in [-0.2, -0.15) is 0 Å². The summed E-state index contributed by atoms with van der Waals surface area (Å²) in [5.74, 6) is 0.272. The Bertz CT molecular complexity index is 929. The second-order valence-electron chi connectivity index (χ2n) is 5.83. The van der Waals surface area contributed by atoms with Crippen molar-refractivity contribution in [2.24, 2.45) is 0 Å². The molecular weight excluding hydrogens is 414 g/mol. The van der Waals surface area contributed by atoms with Crippen LogP contribution >= 0.6 is 27.5 Å². The highest BCUT2D eigenvalue weighted by molar-refractivity contribution is 9.10. The number of anilines is 1. The molecule has 0 unspecified atom stereocenters. The maximum absolute atomic E-state index is 12.8. The summed E-state index contributed by atoms with van der Waals surface area (Å²) in [6.45, 7) is 2.30. The Morgan fingerprint density at radius 3 is 2.62 bits per heavy atom. The summed E-state index contributed by atoms with van der Waals surface area (Å²) in [5.41, 5.74) is 3.10. The van der Waals surface area contributed by atoms with Crippen molar-refractivity contribution in [3.05, 3.63) is 92.9 Å². The lowest BCUT2D eigenvalue weighted by molar-refractivity contribution is 0.102. The van der Waals surface area contributed by atoms with Crippen molar-refractivity contribution in [3.8, 4) is 5.75 Å². The summed E-state index contributed by atoms with van der Waals surface area (Å²) >= 11 is 9.45. The maximum Gasteiger partial charge on any atom is 0.259 e. The smallest absolute Gasteiger partial charge is 0.259 e. The highest BCUT2D eigenvalue weighted by Crippen LogP contribution is 2.27. The molecule has 3 aromatic carbocycles. The zero-order chi connectivity index (χ0) is 18.5. The molecule has 3 aromatic rings. The molecule has 26 heavy (non-hydrogen) atoms. The third-order valence-corrected chi connectivity index (χ3v) is 4.60. The Morgan fingerprint density at radius 2 is 1.85 bits per heavy atom. The molecule has 0 saturated heterocycles. The maximum atomic E-state index is 12.8. The Morgan fingerprint density at radius 1 is 1.08 bits per heavy atom. The molecule has 0 atom stereocenters. The molecule has 1 N–H and O–H groups in total. The minimum atomic E-state index is -0.250. The van der Waals surface area contributed by atoms with Gasteiger partial charge in [-0.25, -0.2) is 0 Å². The number of amides is 1. The molecule has 0 spiro atoms. The van der Waals surface area contributed by atoms with Gasteiger partial charge in [-0.3, -0.25) is 4.79 Å². The minimum absolute atomic E-state index is 0.250. The molecule has 3 nitrogen and oxygen atoms in total. The molecule has 0 bridgehead atoms. The number of rotatable bonds is 5. The lowest BCUT2D eigenvalue weighted by atomic mass is 10.1. The molecule has 0 heterocycles. The number of halogens is 2. The van der Waals surface area contributed by atoms with Crippen LogP contribution in [-0.4, -0.2) is 5.91 Å². The quantitative estimate of drug-likeness (QED) is 0.520. The number of aryl methyl sites for hydroxylation is 1. The van der Waals surface area contributed by atoms with Gasteiger partial charge in [0.2, 0.25) is 0 Å². The predicted octanol–water partition coefficient (Wildman–Crippen LogP) is 6.24. The standard InChI is InChI=1S/C21H17BrClNO2/c1-14-7-9-17(23)12-19(14)24-21(25)18-11-16(22)8-10-20(18)26-13-15-5-3-2-4-6-15/h2-12H,13H2,1H3,(H,24,25). The number of hydrogen-bond donors (Lipinski definition) is 1. The molecule has 0 aromatic heterocycles. The number of nitrogens with one attached hydrogen (secondary N) is 1. The average Bonchev–Trinajstić information content (AvgIpc) is 2.64. The molecule has 1 amide bonds. The van der Waals surface area contributed by atoms with Gasteiger partial charge in [-0.1, -0.05) is 63.9 Å². The van der Waals surface area contributed by atoms with Gasteiger partial charge >= 0.3 is 0 Å². The van der Waals surface area contributed by atoms with E-state index in [1.165, 1.54) is 0 Å². The Labute approximate surface area is 166 Å². The molecule has 0 aliphatic rings. The highest BCUT2D eigenvalue weighted by Gasteiger charge is 2.15. The number of ether oxygens (including phenoxy) is 1. The van der Waals surface area contributed by atoms with E-state index in [-0.39, 0.29) is 5.91 Å². The van der Waals surface area contributed by atoms with Crippen LogP contribution < -0.4 is 10.1 Å². The monoisotopic (exact) mass is 429 g/mol. The zero-order valence-electron chi connectivity index (χ0n) is 14.1. The van der Waals surface area contributed by atoms with E-state index in [4.69, 9.17) is 16.3 Å². The largest absolute Gasteiger partial charge is 0.488 e. The third kappa shape index (κ3) is 4.65. The zero-order valence-corrected chi connectivity index (χ0v) is 16.5. The van der Waals surface area contributed by atoms with Gasteiger partial charge in [0.25, 0.3) is 5.91 Å². The van der Waals surface area contributed by atoms with Crippen molar-refractivity contribution in [2.45, 2.75) is 13.5 Å². The first kappa shape index (κ1) is 18.5. The molecular formula is C21H17BrClNO2. The lowest BCUT2D eigenvalue weighted by Crippen LogP contribution is -2.14. The van der Waals surface area contributed by atoms with Crippen LogP contribution in [0.3, 0.4) is 0 Å². The van der Waals surface area contributed by atoms with E-state index in [1.54, 1.807) is 24.3 Å². The highest BCUT2D eigenvalue weighted by atomic mass is 79.9. The fourth-order valence-corrected chi connectivity index (χ4v) is 2.99. The first-order chi connectivity index (χ1) is 12.5. The lowest BCUT2D eigenvalue weighted by Gasteiger charge is -2.14. The van der Waals surface area contributed by atoms with Crippen molar-refractivity contribution >= 4 is 39.1 Å². The van der Waals surface area contributed by atoms with E-state index >= 15 is 0 Å². The van der Waals surface area contributed by atoms with Crippen LogP contribution in [0.2, 0.25) is 5.02 Å². The normalized spacial score (nSPS) is 10.4. The van der Waals surface area contributed by atoms with Crippen LogP contribution in [0.25, 0.3) is 0 Å². The molecule has 0 aliphatic heterocycles. The van der Waals surface area contributed by atoms with Gasteiger partial charge in [0.1, 0.15) is 12.4 Å². The molecule has 5 heteroatoms. The van der Waals surface area contributed by atoms with Gasteiger partial charge in [-0.05, 0) is 48.4 Å². The Kier molecular flexibility index (Phi) is 5.96. The molecule has 3 rings (SSSR count). The van der Waals surface area contributed by atoms with Crippen molar-refractivity contribution in [1.82, 2.24) is 0 Å². The molecule has 0 saturated carbocycles. The number of hydrogen-bond acceptors (Lipinski definition) is 2. The topological polar surface area (TPSA) is 38.3 Å². The molecule has 0 fully saturated rings. The van der Waals surface area contributed by atoms with Gasteiger partial charge in [0, 0.05) is 15.2 Å². The van der Waals surface area contributed by atoms with Gasteiger partial charge in [0.15, 0.2) is 0 Å². The van der Waals surface area contributed by atoms with E-state index in [0.29, 0.717) is 28.6 Å². The number of benzene rings is 3. The molecule has 0 aliphatic carbocycles. The first-order valence-electron chi connectivity index (χ1n) is 8.07. The van der Waals surface area contributed by atoms with Crippen molar-refractivity contribution < 1.29 is 9.53 Å². The Hall–Kier alpha value is -2.30. The summed E-state index contributed by atoms with van der Waals surface area (Å²) in [4.78, 5) is 12.8. The van der Waals surface area contributed by atoms with Gasteiger partial charge in [-0.15, -0.1) is 0 Å². The van der Waals surface area contributed by atoms with E-state index in [0.717, 1.165) is 15.6 Å². The second-order valence-corrected chi connectivity index (χ2v) is 7.18. The fraction of sp³-hybridized carbons (Fsp3) is 0.0952. The third-order valence-electron chi connectivity index (χ3n) is 3.87. The summed E-state index contributed by atoms with van der Waals surface area (Å²) in [6.07, 6.45) is 0. The summed E-state index contributed by atoms with van der Waals surface area (Å²) in [7, 11) is 0. The SMILES string of the molecule is Cc1ccc(Cl)cc1NC(=O)c1cc(Br)ccc1OCc1ccccc1. The van der Waals surface area contributed by atoms with E-state index in [2.05, 4.69) is 21.2 Å². The van der Waals surface area contributed by atoms with E-state index in [9.17, 15) is 4.79 Å². The summed E-state index contributed by atoms with van der Waals surface area (Å²) < 4.78 is 6.69.